The van der Waals surface area contributed by atoms with Gasteiger partial charge in [-0.3, -0.25) is 48.6 Å². The van der Waals surface area contributed by atoms with Crippen LogP contribution in [0.2, 0.25) is 5.02 Å². The van der Waals surface area contributed by atoms with Crippen LogP contribution in [0.25, 0.3) is 11.2 Å². The summed E-state index contributed by atoms with van der Waals surface area (Å²) in [7, 11) is 2.77. The number of aryl methyl sites for hydroxylation is 1. The fourth-order valence-corrected chi connectivity index (χ4v) is 5.45. The van der Waals surface area contributed by atoms with Gasteiger partial charge in [-0.25, -0.2) is 9.78 Å². The lowest BCUT2D eigenvalue weighted by atomic mass is 9.86. The highest BCUT2D eigenvalue weighted by atomic mass is 35.5. The number of rotatable bonds is 6. The van der Waals surface area contributed by atoms with E-state index in [0.29, 0.717) is 0 Å². The number of nitro groups is 1. The predicted molar refractivity (Wildman–Crippen MR) is 129 cm³/mol. The number of halogens is 1. The van der Waals surface area contributed by atoms with Gasteiger partial charge < -0.3 is 9.67 Å². The summed E-state index contributed by atoms with van der Waals surface area (Å²) in [6.45, 7) is -0.231. The zero-order valence-electron chi connectivity index (χ0n) is 19.9. The molecule has 0 spiro atoms. The van der Waals surface area contributed by atoms with E-state index in [2.05, 4.69) is 10.3 Å². The number of carbonyl (C=O) groups is 3. The summed E-state index contributed by atoms with van der Waals surface area (Å²) in [5.41, 5.74) is -1.10. The molecule has 1 aromatic carbocycles. The van der Waals surface area contributed by atoms with Crippen molar-refractivity contribution in [3.63, 3.8) is 0 Å². The molecule has 2 aliphatic rings. The van der Waals surface area contributed by atoms with Gasteiger partial charge in [-0.05, 0) is 11.6 Å². The molecule has 2 saturated heterocycles. The third-order valence-corrected chi connectivity index (χ3v) is 7.46. The van der Waals surface area contributed by atoms with Crippen molar-refractivity contribution in [2.45, 2.75) is 18.6 Å². The van der Waals surface area contributed by atoms with Gasteiger partial charge in [0.25, 0.3) is 11.2 Å². The summed E-state index contributed by atoms with van der Waals surface area (Å²) in [5.74, 6) is -5.08. The number of carboxylic acids is 1. The number of nitro benzene ring substituents is 1. The van der Waals surface area contributed by atoms with Gasteiger partial charge in [-0.2, -0.15) is 0 Å². The number of imide groups is 1. The molecule has 15 nitrogen and oxygen atoms in total. The normalized spacial score (nSPS) is 22.9. The van der Waals surface area contributed by atoms with Gasteiger partial charge in [0, 0.05) is 39.3 Å². The summed E-state index contributed by atoms with van der Waals surface area (Å²) >= 11 is 5.90. The van der Waals surface area contributed by atoms with Gasteiger partial charge in [-0.15, -0.1) is 0 Å². The summed E-state index contributed by atoms with van der Waals surface area (Å²) in [4.78, 5) is 79.3. The van der Waals surface area contributed by atoms with Crippen molar-refractivity contribution in [2.24, 2.45) is 25.9 Å². The number of aromatic nitrogens is 4. The molecule has 4 atom stereocenters. The van der Waals surface area contributed by atoms with Crippen molar-refractivity contribution < 1.29 is 24.4 Å². The predicted octanol–water partition coefficient (Wildman–Crippen LogP) is -0.606. The minimum atomic E-state index is -1.41. The Morgan fingerprint density at radius 2 is 1.82 bits per heavy atom. The Hall–Kier alpha value is -4.37. The highest BCUT2D eigenvalue weighted by molar-refractivity contribution is 6.32. The Bertz CT molecular complexity index is 1670. The molecule has 198 valence electrons. The summed E-state index contributed by atoms with van der Waals surface area (Å²) in [6, 6.07) is 1.47. The largest absolute Gasteiger partial charge is 0.480 e. The van der Waals surface area contributed by atoms with Crippen LogP contribution in [0.5, 0.6) is 0 Å². The lowest BCUT2D eigenvalue weighted by molar-refractivity contribution is -0.384. The molecular weight excluding hydrogens is 526 g/mol. The van der Waals surface area contributed by atoms with Crippen LogP contribution in [0.3, 0.4) is 0 Å². The maximum Gasteiger partial charge on any atom is 0.332 e. The van der Waals surface area contributed by atoms with E-state index in [4.69, 9.17) is 11.6 Å². The fraction of sp³-hybridized carbons (Fsp3) is 0.364. The van der Waals surface area contributed by atoms with E-state index in [1.165, 1.54) is 41.7 Å². The number of nitrogens with zero attached hydrogens (tertiary/aromatic N) is 6. The van der Waals surface area contributed by atoms with Crippen LogP contribution in [-0.2, 0) is 35.0 Å². The van der Waals surface area contributed by atoms with Crippen LogP contribution < -0.4 is 16.6 Å². The molecule has 2 N–H and O–H groups in total. The standard InChI is InChI=1S/C22H20ClN7O8/c1-26-17-16(20(33)27(2)22(26)36)28(8-24-17)5-6-29-18(31)12-13(19(29)32)15(21(34)35)25-14(12)9-3-4-10(23)11(7-9)30(37)38/h3-4,7-8,12-15,25H,5-6H2,1-2H3,(H,34,35). The smallest absolute Gasteiger partial charge is 0.332 e. The van der Waals surface area contributed by atoms with E-state index in [9.17, 15) is 39.2 Å². The van der Waals surface area contributed by atoms with E-state index in [-0.39, 0.29) is 34.8 Å². The van der Waals surface area contributed by atoms with Crippen LogP contribution >= 0.6 is 11.6 Å². The van der Waals surface area contributed by atoms with Gasteiger partial charge >= 0.3 is 11.7 Å². The quantitative estimate of drug-likeness (QED) is 0.229. The zero-order valence-corrected chi connectivity index (χ0v) is 20.7. The molecule has 0 bridgehead atoms. The second-order valence-corrected chi connectivity index (χ2v) is 9.53. The number of imidazole rings is 1. The van der Waals surface area contributed by atoms with Crippen molar-refractivity contribution in [1.29, 1.82) is 0 Å². The monoisotopic (exact) mass is 545 g/mol. The van der Waals surface area contributed by atoms with Crippen LogP contribution in [0.1, 0.15) is 11.6 Å². The molecule has 4 heterocycles. The Balaban J connectivity index is 1.48. The molecule has 0 radical (unpaired) electrons. The average molecular weight is 546 g/mol. The summed E-state index contributed by atoms with van der Waals surface area (Å²) in [6.07, 6.45) is 1.31. The van der Waals surface area contributed by atoms with E-state index in [1.54, 1.807) is 0 Å². The molecule has 2 fully saturated rings. The van der Waals surface area contributed by atoms with Crippen molar-refractivity contribution in [3.8, 4) is 0 Å². The van der Waals surface area contributed by atoms with E-state index >= 15 is 0 Å². The third kappa shape index (κ3) is 3.61. The van der Waals surface area contributed by atoms with Crippen LogP contribution in [-0.4, -0.2) is 64.0 Å². The zero-order chi connectivity index (χ0) is 27.6. The maximum absolute atomic E-state index is 13.5. The average Bonchev–Trinajstić information content (AvgIpc) is 3.54. The first-order valence-corrected chi connectivity index (χ1v) is 11.7. The van der Waals surface area contributed by atoms with Crippen molar-refractivity contribution in [3.05, 3.63) is 66.1 Å². The van der Waals surface area contributed by atoms with Gasteiger partial charge in [0.2, 0.25) is 11.8 Å². The number of fused-ring (bicyclic) bond motifs is 2. The molecular formula is C22H20ClN7O8. The van der Waals surface area contributed by atoms with Crippen molar-refractivity contribution in [1.82, 2.24) is 28.9 Å². The Labute approximate surface area is 217 Å². The number of aliphatic carboxylic acids is 1. The summed E-state index contributed by atoms with van der Waals surface area (Å²) in [5, 5.41) is 23.8. The van der Waals surface area contributed by atoms with Crippen LogP contribution in [0, 0.1) is 22.0 Å². The first kappa shape index (κ1) is 25.3. The fourth-order valence-electron chi connectivity index (χ4n) is 5.26. The number of hydrogen-bond donors (Lipinski definition) is 2. The van der Waals surface area contributed by atoms with Crippen LogP contribution in [0.4, 0.5) is 5.69 Å². The van der Waals surface area contributed by atoms with E-state index in [1.807, 2.05) is 0 Å². The third-order valence-electron chi connectivity index (χ3n) is 7.14. The minimum absolute atomic E-state index is 0.0386. The Kier molecular flexibility index (Phi) is 5.91. The molecule has 0 saturated carbocycles. The highest BCUT2D eigenvalue weighted by Gasteiger charge is 2.61. The topological polar surface area (TPSA) is 192 Å². The minimum Gasteiger partial charge on any atom is -0.480 e. The van der Waals surface area contributed by atoms with Gasteiger partial charge in [0.1, 0.15) is 11.1 Å². The first-order chi connectivity index (χ1) is 17.9. The lowest BCUT2D eigenvalue weighted by Gasteiger charge is -2.21. The van der Waals surface area contributed by atoms with E-state index < -0.39 is 63.6 Å². The maximum atomic E-state index is 13.5. The number of carboxylic acid groups (broad SMARTS) is 1. The highest BCUT2D eigenvalue weighted by Crippen LogP contribution is 2.45. The molecule has 2 aliphatic heterocycles. The number of benzene rings is 1. The Morgan fingerprint density at radius 1 is 1.13 bits per heavy atom. The molecule has 4 unspecified atom stereocenters. The number of amides is 2. The molecule has 0 aliphatic carbocycles. The van der Waals surface area contributed by atoms with Gasteiger partial charge in [0.15, 0.2) is 11.2 Å². The summed E-state index contributed by atoms with van der Waals surface area (Å²) < 4.78 is 3.53. The number of hydrogen-bond acceptors (Lipinski definition) is 9. The molecule has 3 aromatic rings. The van der Waals surface area contributed by atoms with Crippen molar-refractivity contribution >= 4 is 46.2 Å². The number of carbonyl (C=O) groups excluding carboxylic acids is 2. The van der Waals surface area contributed by atoms with Crippen molar-refractivity contribution in [2.75, 3.05) is 6.54 Å². The second-order valence-electron chi connectivity index (χ2n) is 9.12. The first-order valence-electron chi connectivity index (χ1n) is 11.3. The molecule has 5 rings (SSSR count). The lowest BCUT2D eigenvalue weighted by Crippen LogP contribution is -2.44. The van der Waals surface area contributed by atoms with Gasteiger partial charge in [-0.1, -0.05) is 17.7 Å². The molecule has 2 amide bonds. The SMILES string of the molecule is Cn1c(=O)c2c(ncn2CCN2C(=O)C3C(C(=O)O)NC(c4ccc(Cl)c([N+](=O)[O-])c4)C3C2=O)n(C)c1=O. The number of likely N-dealkylation sites (tertiary alicyclic amines) is 1. The Morgan fingerprint density at radius 3 is 2.47 bits per heavy atom. The van der Waals surface area contributed by atoms with Gasteiger partial charge in [0.05, 0.1) is 23.1 Å². The van der Waals surface area contributed by atoms with E-state index in [0.717, 1.165) is 15.5 Å². The second kappa shape index (κ2) is 8.88. The van der Waals surface area contributed by atoms with Crippen LogP contribution in [0.15, 0.2) is 34.1 Å². The molecule has 38 heavy (non-hydrogen) atoms. The molecule has 2 aromatic heterocycles. The molecule has 16 heteroatoms. The number of nitrogens with one attached hydrogen (secondary N) is 1.